The summed E-state index contributed by atoms with van der Waals surface area (Å²) in [6.07, 6.45) is 15.0. The molecule has 0 amide bonds. The number of aliphatic carboxylic acids is 2. The van der Waals surface area contributed by atoms with Gasteiger partial charge in [-0.05, 0) is 12.8 Å². The Morgan fingerprint density at radius 2 is 0.805 bits per heavy atom. The van der Waals surface area contributed by atoms with Crippen LogP contribution in [0.3, 0.4) is 0 Å². The van der Waals surface area contributed by atoms with Gasteiger partial charge in [-0.1, -0.05) is 52.4 Å². The molecule has 0 aromatic carbocycles. The summed E-state index contributed by atoms with van der Waals surface area (Å²) < 4.78 is 12.9. The van der Waals surface area contributed by atoms with E-state index in [1.807, 2.05) is 0 Å². The van der Waals surface area contributed by atoms with E-state index >= 15 is 0 Å². The van der Waals surface area contributed by atoms with Crippen molar-refractivity contribution in [2.45, 2.75) is 114 Å². The van der Waals surface area contributed by atoms with Crippen molar-refractivity contribution < 1.29 is 38.9 Å². The third kappa shape index (κ3) is 73.7. The predicted octanol–water partition coefficient (Wildman–Crippen LogP) is 4.54. The van der Waals surface area contributed by atoms with Crippen LogP contribution in [0.5, 0.6) is 0 Å². The topological polar surface area (TPSA) is 133 Å². The van der Waals surface area contributed by atoms with Crippen molar-refractivity contribution in [1.29, 1.82) is 0 Å². The zero-order valence-corrected chi connectivity index (χ0v) is 32.1. The Morgan fingerprint density at radius 3 is 1.02 bits per heavy atom. The van der Waals surface area contributed by atoms with Crippen molar-refractivity contribution in [3.63, 3.8) is 0 Å². The summed E-state index contributed by atoms with van der Waals surface area (Å²) in [5.74, 6) is -2.71. The van der Waals surface area contributed by atoms with Crippen molar-refractivity contribution >= 4 is 95.5 Å². The number of carboxylic acids is 2. The second kappa shape index (κ2) is 49.7. The molecule has 8 nitrogen and oxygen atoms in total. The van der Waals surface area contributed by atoms with Crippen LogP contribution in [0.1, 0.15) is 105 Å². The molecule has 0 aliphatic carbocycles. The Bertz CT molecular complexity index is 513. The molecule has 0 N–H and O–H groups in total. The minimum atomic E-state index is -1.13. The van der Waals surface area contributed by atoms with Gasteiger partial charge in [-0.15, -0.1) is 0 Å². The number of hydrogen-bond donors (Lipinski definition) is 4. The molecule has 0 aromatic heterocycles. The first-order valence-electron chi connectivity index (χ1n) is 14.4. The normalized spacial score (nSPS) is 8.98. The van der Waals surface area contributed by atoms with Crippen LogP contribution < -0.4 is 10.2 Å². The van der Waals surface area contributed by atoms with Crippen LogP contribution >= 0.6 is 50.5 Å². The second-order valence-electron chi connectivity index (χ2n) is 8.40. The number of unbranched alkanes of at least 4 members (excludes halogenated alkanes) is 8. The quantitative estimate of drug-likeness (QED) is 0.0615. The van der Waals surface area contributed by atoms with Crippen molar-refractivity contribution in [2.75, 3.05) is 36.2 Å². The maximum absolute atomic E-state index is 10.5. The summed E-state index contributed by atoms with van der Waals surface area (Å²) in [7, 11) is 0. The average Bonchev–Trinajstić information content (AvgIpc) is 2.97. The fraction of sp³-hybridized carbons (Fsp3) is 0.857. The number of thiol groups is 4. The van der Waals surface area contributed by atoms with Gasteiger partial charge in [0, 0.05) is 11.5 Å². The minimum Gasteiger partial charge on any atom is -0.549 e. The van der Waals surface area contributed by atoms with E-state index < -0.39 is 11.9 Å². The summed E-state index contributed by atoms with van der Waals surface area (Å²) >= 11 is 14.4. The summed E-state index contributed by atoms with van der Waals surface area (Å²) in [4.78, 5) is 39.5. The maximum Gasteiger partial charge on any atom is 0.0510 e. The molecule has 0 aliphatic heterocycles. The molecular formula is C28H56O8S4Sn. The fourth-order valence-corrected chi connectivity index (χ4v) is 6.59. The van der Waals surface area contributed by atoms with Crippen molar-refractivity contribution in [2.24, 2.45) is 0 Å². The number of rotatable bonds is 20. The maximum atomic E-state index is 10.5. The Morgan fingerprint density at radius 1 is 0.512 bits per heavy atom. The van der Waals surface area contributed by atoms with Gasteiger partial charge in [0.25, 0.3) is 0 Å². The van der Waals surface area contributed by atoms with Gasteiger partial charge in [0.15, 0.2) is 0 Å². The first kappa shape index (κ1) is 50.7. The van der Waals surface area contributed by atoms with Gasteiger partial charge in [0.2, 0.25) is 0 Å². The Hall–Kier alpha value is 0.0787. The van der Waals surface area contributed by atoms with E-state index in [-0.39, 0.29) is 56.1 Å². The van der Waals surface area contributed by atoms with Crippen LogP contribution in [0.4, 0.5) is 0 Å². The van der Waals surface area contributed by atoms with Crippen LogP contribution in [0.2, 0.25) is 8.87 Å². The van der Waals surface area contributed by atoms with Crippen molar-refractivity contribution in [3.05, 3.63) is 0 Å². The molecular weight excluding hydrogens is 711 g/mol. The molecule has 0 unspecified atom stereocenters. The van der Waals surface area contributed by atoms with Gasteiger partial charge >= 0.3 is 81.5 Å². The van der Waals surface area contributed by atoms with Crippen LogP contribution in [0.15, 0.2) is 0 Å². The number of carbonyl (C=O) groups excluding carboxylic acids is 4. The molecule has 0 atom stereocenters. The van der Waals surface area contributed by atoms with Crippen LogP contribution in [-0.2, 0) is 28.7 Å². The van der Waals surface area contributed by atoms with Gasteiger partial charge in [-0.3, -0.25) is 9.59 Å². The SMILES string of the molecule is CCCCCCOC(=O)CS.CCCCCCOC(=O)CS.CCC[CH2][Sn+2][CH2]CCC.O=C([O-])CS.O=C([O-])CS. The van der Waals surface area contributed by atoms with Gasteiger partial charge < -0.3 is 29.3 Å². The van der Waals surface area contributed by atoms with E-state index in [1.165, 1.54) is 51.4 Å². The number of ether oxygens (including phenoxy) is 2. The second-order valence-corrected chi connectivity index (χ2v) is 13.9. The van der Waals surface area contributed by atoms with Gasteiger partial charge in [-0.2, -0.15) is 50.5 Å². The molecule has 0 bridgehead atoms. The Labute approximate surface area is 282 Å². The number of hydrogen-bond acceptors (Lipinski definition) is 12. The molecule has 0 rings (SSSR count). The molecule has 0 spiro atoms. The van der Waals surface area contributed by atoms with E-state index in [2.05, 4.69) is 78.2 Å². The standard InChI is InChI=1S/2C8H16O2S.2C4H9.2C2H4O2S.Sn/c2*1-2-3-4-5-6-10-8(9)7-11;2*1-3-4-2;2*3-2(4)1-5;/h2*11H,2-7H2,1H3;2*1,3-4H2,2H3;2*5H,1H2,(H,3,4);/q;;;;;;+2/p-2. The number of carbonyl (C=O) groups is 4. The zero-order valence-electron chi connectivity index (χ0n) is 25.7. The molecule has 0 saturated heterocycles. The van der Waals surface area contributed by atoms with Crippen LogP contribution in [0.25, 0.3) is 0 Å². The van der Waals surface area contributed by atoms with E-state index in [0.29, 0.717) is 13.2 Å². The zero-order chi connectivity index (χ0) is 32.6. The first-order valence-corrected chi connectivity index (χ1v) is 21.0. The smallest absolute Gasteiger partial charge is 0.0510 e. The molecule has 0 fully saturated rings. The Kier molecular flexibility index (Phi) is 61.5. The third-order valence-electron chi connectivity index (χ3n) is 4.45. The van der Waals surface area contributed by atoms with E-state index in [9.17, 15) is 29.4 Å². The van der Waals surface area contributed by atoms with Gasteiger partial charge in [0.05, 0.1) is 36.7 Å². The number of carboxylic acid groups (broad SMARTS) is 2. The molecule has 0 aromatic rings. The van der Waals surface area contributed by atoms with Crippen LogP contribution in [0, 0.1) is 0 Å². The monoisotopic (exact) mass is 768 g/mol. The summed E-state index contributed by atoms with van der Waals surface area (Å²) in [5.41, 5.74) is 0. The van der Waals surface area contributed by atoms with Crippen LogP contribution in [-0.4, -0.2) is 81.2 Å². The largest absolute Gasteiger partial charge is 0.549 e. The van der Waals surface area contributed by atoms with Crippen molar-refractivity contribution in [1.82, 2.24) is 0 Å². The van der Waals surface area contributed by atoms with E-state index in [4.69, 9.17) is 9.47 Å². The molecule has 0 radical (unpaired) electrons. The Balaban J connectivity index is -0.000000137. The fourth-order valence-electron chi connectivity index (χ4n) is 2.25. The first-order chi connectivity index (χ1) is 19.6. The number of esters is 2. The molecule has 0 heterocycles. The summed E-state index contributed by atoms with van der Waals surface area (Å²) in [6.45, 7) is 10.00. The predicted molar refractivity (Wildman–Crippen MR) is 181 cm³/mol. The van der Waals surface area contributed by atoms with Gasteiger partial charge in [0.1, 0.15) is 0 Å². The minimum absolute atomic E-state index is 0.149. The average molecular weight is 768 g/mol. The molecule has 0 saturated carbocycles. The van der Waals surface area contributed by atoms with Crippen molar-refractivity contribution in [3.8, 4) is 0 Å². The third-order valence-corrected chi connectivity index (χ3v) is 9.52. The molecule has 13 heteroatoms. The van der Waals surface area contributed by atoms with Gasteiger partial charge in [-0.25, -0.2) is 0 Å². The van der Waals surface area contributed by atoms with E-state index in [0.717, 1.165) is 25.7 Å². The summed E-state index contributed by atoms with van der Waals surface area (Å²) in [6, 6.07) is 0. The molecule has 0 aliphatic rings. The summed E-state index contributed by atoms with van der Waals surface area (Å²) in [5, 5.41) is 18.4. The molecule has 244 valence electrons. The molecule has 41 heavy (non-hydrogen) atoms. The van der Waals surface area contributed by atoms with E-state index in [1.54, 1.807) is 8.87 Å².